The number of nitrogens with one attached hydrogen (secondary N) is 2. The molecule has 4 rings (SSSR count). The molecule has 180 valence electrons. The van der Waals surface area contributed by atoms with Crippen LogP contribution in [-0.2, 0) is 14.4 Å². The number of carbonyl (C=O) groups is 3. The highest BCUT2D eigenvalue weighted by Gasteiger charge is 2.74. The molecule has 2 bridgehead atoms. The van der Waals surface area contributed by atoms with Crippen LogP contribution < -0.4 is 15.4 Å². The summed E-state index contributed by atoms with van der Waals surface area (Å²) in [4.78, 5) is 41.9. The van der Waals surface area contributed by atoms with Crippen molar-refractivity contribution in [2.75, 3.05) is 18.5 Å². The number of nitrogens with zero attached hydrogens (tertiary/aromatic N) is 1. The van der Waals surface area contributed by atoms with Crippen LogP contribution in [0.1, 0.15) is 40.5 Å². The van der Waals surface area contributed by atoms with Crippen molar-refractivity contribution in [3.05, 3.63) is 24.3 Å². The Kier molecular flexibility index (Phi) is 6.64. The van der Waals surface area contributed by atoms with E-state index in [2.05, 4.69) is 10.6 Å². The molecule has 0 saturated carbocycles. The number of amides is 3. The molecule has 9 heteroatoms. The van der Waals surface area contributed by atoms with E-state index in [0.717, 1.165) is 12.2 Å². The molecule has 3 N–H and O–H groups in total. The van der Waals surface area contributed by atoms with Crippen LogP contribution in [-0.4, -0.2) is 69.1 Å². The summed E-state index contributed by atoms with van der Waals surface area (Å²) in [6.07, 6.45) is 1.49. The van der Waals surface area contributed by atoms with Gasteiger partial charge in [0.1, 0.15) is 11.8 Å². The standard InChI is InChI=1S/C24H33N3O5S/c1-5-32-16-8-6-15(7-9-16)26-21(29)18-17-10-11-24(33-17)19(18)23(31)27(14(4)12-28)20(24)22(30)25-13(2)3/h6-9,13-14,17-20,28H,5,10-12H2,1-4H3,(H,25,30)(H,26,29)/t14-,17-,18+,19+,20?,24?/m1/s1. The van der Waals surface area contributed by atoms with Crippen molar-refractivity contribution in [2.45, 2.75) is 68.7 Å². The first-order chi connectivity index (χ1) is 15.7. The third kappa shape index (κ3) is 3.99. The van der Waals surface area contributed by atoms with Gasteiger partial charge in [0.05, 0.1) is 35.8 Å². The van der Waals surface area contributed by atoms with E-state index >= 15 is 0 Å². The zero-order valence-corrected chi connectivity index (χ0v) is 20.4. The molecule has 3 aliphatic rings. The largest absolute Gasteiger partial charge is 0.494 e. The van der Waals surface area contributed by atoms with Crippen LogP contribution in [0.25, 0.3) is 0 Å². The summed E-state index contributed by atoms with van der Waals surface area (Å²) >= 11 is 1.62. The number of anilines is 1. The lowest BCUT2D eigenvalue weighted by atomic mass is 9.70. The van der Waals surface area contributed by atoms with Crippen LogP contribution in [0, 0.1) is 11.8 Å². The quantitative estimate of drug-likeness (QED) is 0.531. The van der Waals surface area contributed by atoms with Crippen molar-refractivity contribution in [3.8, 4) is 5.75 Å². The maximum Gasteiger partial charge on any atom is 0.244 e. The summed E-state index contributed by atoms with van der Waals surface area (Å²) < 4.78 is 4.81. The second kappa shape index (κ2) is 9.18. The Bertz CT molecular complexity index is 923. The van der Waals surface area contributed by atoms with Gasteiger partial charge in [0, 0.05) is 17.0 Å². The predicted molar refractivity (Wildman–Crippen MR) is 127 cm³/mol. The summed E-state index contributed by atoms with van der Waals surface area (Å²) in [5, 5.41) is 15.8. The molecular weight excluding hydrogens is 442 g/mol. The molecule has 0 aliphatic carbocycles. The number of hydrogen-bond donors (Lipinski definition) is 3. The number of likely N-dealkylation sites (tertiary alicyclic amines) is 1. The minimum Gasteiger partial charge on any atom is -0.494 e. The number of aliphatic hydroxyl groups is 1. The van der Waals surface area contributed by atoms with Gasteiger partial charge in [-0.3, -0.25) is 14.4 Å². The fourth-order valence-corrected chi connectivity index (χ4v) is 7.85. The molecule has 3 amide bonds. The molecule has 1 aromatic carbocycles. The van der Waals surface area contributed by atoms with Crippen molar-refractivity contribution < 1.29 is 24.2 Å². The zero-order chi connectivity index (χ0) is 23.9. The van der Waals surface area contributed by atoms with Crippen LogP contribution in [0.4, 0.5) is 5.69 Å². The van der Waals surface area contributed by atoms with Gasteiger partial charge in [0.2, 0.25) is 17.7 Å². The topological polar surface area (TPSA) is 108 Å². The van der Waals surface area contributed by atoms with Crippen molar-refractivity contribution in [3.63, 3.8) is 0 Å². The average Bonchev–Trinajstić information content (AvgIpc) is 3.41. The molecule has 8 nitrogen and oxygen atoms in total. The monoisotopic (exact) mass is 475 g/mol. The molecular formula is C24H33N3O5S. The highest BCUT2D eigenvalue weighted by molar-refractivity contribution is 8.02. The fourth-order valence-electron chi connectivity index (χ4n) is 5.64. The predicted octanol–water partition coefficient (Wildman–Crippen LogP) is 2.02. The number of thioether (sulfide) groups is 1. The summed E-state index contributed by atoms with van der Waals surface area (Å²) in [6.45, 7) is 7.75. The number of benzene rings is 1. The molecule has 3 saturated heterocycles. The summed E-state index contributed by atoms with van der Waals surface area (Å²) in [5.74, 6) is -0.987. The van der Waals surface area contributed by atoms with Crippen molar-refractivity contribution in [1.29, 1.82) is 0 Å². The van der Waals surface area contributed by atoms with E-state index < -0.39 is 28.7 Å². The van der Waals surface area contributed by atoms with E-state index in [4.69, 9.17) is 4.74 Å². The smallest absolute Gasteiger partial charge is 0.244 e. The van der Waals surface area contributed by atoms with Gasteiger partial charge in [-0.05, 0) is 64.8 Å². The van der Waals surface area contributed by atoms with Gasteiger partial charge in [0.25, 0.3) is 0 Å². The van der Waals surface area contributed by atoms with E-state index in [1.54, 1.807) is 43.0 Å². The van der Waals surface area contributed by atoms with E-state index in [-0.39, 0.29) is 35.6 Å². The van der Waals surface area contributed by atoms with Crippen LogP contribution >= 0.6 is 11.8 Å². The van der Waals surface area contributed by atoms with Gasteiger partial charge in [-0.25, -0.2) is 0 Å². The normalized spacial score (nSPS) is 31.0. The summed E-state index contributed by atoms with van der Waals surface area (Å²) in [5.41, 5.74) is 0.644. The molecule has 0 aromatic heterocycles. The number of carbonyl (C=O) groups excluding carboxylic acids is 3. The maximum atomic E-state index is 13.7. The van der Waals surface area contributed by atoms with E-state index in [1.807, 2.05) is 20.8 Å². The van der Waals surface area contributed by atoms with Crippen LogP contribution in [0.3, 0.4) is 0 Å². The van der Waals surface area contributed by atoms with Gasteiger partial charge in [-0.15, -0.1) is 11.8 Å². The first kappa shape index (κ1) is 23.9. The third-order valence-electron chi connectivity index (χ3n) is 6.89. The Morgan fingerprint density at radius 3 is 2.55 bits per heavy atom. The summed E-state index contributed by atoms with van der Waals surface area (Å²) in [6, 6.07) is 5.90. The lowest BCUT2D eigenvalue weighted by Gasteiger charge is -2.36. The highest BCUT2D eigenvalue weighted by atomic mass is 32.2. The minimum absolute atomic E-state index is 0.0115. The van der Waals surface area contributed by atoms with Gasteiger partial charge in [-0.1, -0.05) is 0 Å². The second-order valence-electron chi connectivity index (χ2n) is 9.44. The number of ether oxygens (including phenoxy) is 1. The molecule has 0 radical (unpaired) electrons. The first-order valence-electron chi connectivity index (χ1n) is 11.7. The fraction of sp³-hybridized carbons (Fsp3) is 0.625. The van der Waals surface area contributed by atoms with Gasteiger partial charge >= 0.3 is 0 Å². The Labute approximate surface area is 198 Å². The lowest BCUT2D eigenvalue weighted by molar-refractivity contribution is -0.141. The van der Waals surface area contributed by atoms with Crippen LogP contribution in [0.2, 0.25) is 0 Å². The molecule has 3 heterocycles. The number of rotatable bonds is 8. The van der Waals surface area contributed by atoms with E-state index in [1.165, 1.54) is 4.90 Å². The minimum atomic E-state index is -0.696. The van der Waals surface area contributed by atoms with Crippen LogP contribution in [0.5, 0.6) is 5.75 Å². The lowest BCUT2D eigenvalue weighted by Crippen LogP contribution is -2.57. The van der Waals surface area contributed by atoms with Gasteiger partial charge in [-0.2, -0.15) is 0 Å². The molecule has 1 spiro atoms. The van der Waals surface area contributed by atoms with Crippen molar-refractivity contribution >= 4 is 35.2 Å². The van der Waals surface area contributed by atoms with E-state index in [9.17, 15) is 19.5 Å². The molecule has 3 aliphatic heterocycles. The van der Waals surface area contributed by atoms with Crippen LogP contribution in [0.15, 0.2) is 24.3 Å². The maximum absolute atomic E-state index is 13.7. The average molecular weight is 476 g/mol. The Morgan fingerprint density at radius 1 is 1.24 bits per heavy atom. The van der Waals surface area contributed by atoms with E-state index in [0.29, 0.717) is 18.7 Å². The van der Waals surface area contributed by atoms with Crippen molar-refractivity contribution in [2.24, 2.45) is 11.8 Å². The molecule has 6 atom stereocenters. The number of fused-ring (bicyclic) bond motifs is 1. The van der Waals surface area contributed by atoms with Gasteiger partial charge in [0.15, 0.2) is 0 Å². The first-order valence-corrected chi connectivity index (χ1v) is 12.6. The Hall–Kier alpha value is -2.26. The molecule has 2 unspecified atom stereocenters. The van der Waals surface area contributed by atoms with Crippen molar-refractivity contribution in [1.82, 2.24) is 10.2 Å². The zero-order valence-electron chi connectivity index (χ0n) is 19.5. The van der Waals surface area contributed by atoms with Gasteiger partial charge < -0.3 is 25.4 Å². The number of hydrogen-bond acceptors (Lipinski definition) is 6. The highest BCUT2D eigenvalue weighted by Crippen LogP contribution is 2.66. The Morgan fingerprint density at radius 2 is 1.94 bits per heavy atom. The molecule has 33 heavy (non-hydrogen) atoms. The molecule has 3 fully saturated rings. The Balaban J connectivity index is 1.62. The number of aliphatic hydroxyl groups excluding tert-OH is 1. The SMILES string of the molecule is CCOc1ccc(NC(=O)[C@@H]2[C@H]3C(=O)N([C@H](C)CO)C(C(=O)NC(C)C)C34CC[C@H]2S4)cc1. The third-order valence-corrected chi connectivity index (χ3v) is 8.84. The molecule has 1 aromatic rings. The summed E-state index contributed by atoms with van der Waals surface area (Å²) in [7, 11) is 0. The second-order valence-corrected chi connectivity index (χ2v) is 11.0.